The molecule has 5 nitrogen and oxygen atoms in total. The number of rotatable bonds is 3. The van der Waals surface area contributed by atoms with Crippen molar-refractivity contribution in [1.29, 1.82) is 0 Å². The minimum atomic E-state index is 0.390. The highest BCUT2D eigenvalue weighted by Gasteiger charge is 2.10. The van der Waals surface area contributed by atoms with Gasteiger partial charge in [-0.2, -0.15) is 0 Å². The van der Waals surface area contributed by atoms with Gasteiger partial charge in [-0.25, -0.2) is 6.57 Å². The molecule has 3 heterocycles. The predicted octanol–water partition coefficient (Wildman–Crippen LogP) is 6.30. The van der Waals surface area contributed by atoms with Gasteiger partial charge in [0.1, 0.15) is 5.84 Å². The number of benzene rings is 2. The van der Waals surface area contributed by atoms with Gasteiger partial charge >= 0.3 is 0 Å². The van der Waals surface area contributed by atoms with Crippen LogP contribution >= 0.6 is 31.9 Å². The van der Waals surface area contributed by atoms with Gasteiger partial charge in [-0.1, -0.05) is 44.0 Å². The van der Waals surface area contributed by atoms with E-state index in [0.717, 1.165) is 39.9 Å². The molecule has 5 rings (SSSR count). The van der Waals surface area contributed by atoms with Crippen molar-refractivity contribution in [2.75, 3.05) is 13.1 Å². The Kier molecular flexibility index (Phi) is 6.49. The fourth-order valence-electron chi connectivity index (χ4n) is 3.94. The molecule has 1 aliphatic heterocycles. The van der Waals surface area contributed by atoms with E-state index < -0.39 is 0 Å². The monoisotopic (exact) mass is 539 g/mol. The van der Waals surface area contributed by atoms with E-state index in [1.165, 1.54) is 27.4 Å². The molecule has 1 aliphatic rings. The largest absolute Gasteiger partial charge is 0.370 e. The molecular formula is C24H23Br2N5. The summed E-state index contributed by atoms with van der Waals surface area (Å²) in [5.74, 6) is 1.09. The Morgan fingerprint density at radius 1 is 0.968 bits per heavy atom. The topological polar surface area (TPSA) is 38.6 Å². The fraction of sp³-hybridized carbons (Fsp3) is 0.250. The van der Waals surface area contributed by atoms with Crippen molar-refractivity contribution >= 4 is 59.5 Å². The zero-order valence-corrected chi connectivity index (χ0v) is 20.7. The minimum absolute atomic E-state index is 0.390. The lowest BCUT2D eigenvalue weighted by atomic mass is 10.2. The van der Waals surface area contributed by atoms with Gasteiger partial charge in [-0.05, 0) is 49.2 Å². The molecule has 0 bridgehead atoms. The summed E-state index contributed by atoms with van der Waals surface area (Å²) < 4.78 is 6.40. The Morgan fingerprint density at radius 3 is 2.10 bits per heavy atom. The van der Waals surface area contributed by atoms with Crippen LogP contribution in [0.3, 0.4) is 0 Å². The summed E-state index contributed by atoms with van der Waals surface area (Å²) in [4.78, 5) is 7.84. The lowest BCUT2D eigenvalue weighted by Gasteiger charge is -2.06. The van der Waals surface area contributed by atoms with Crippen LogP contribution in [0.25, 0.3) is 26.7 Å². The van der Waals surface area contributed by atoms with E-state index >= 15 is 0 Å². The van der Waals surface area contributed by atoms with Gasteiger partial charge in [0, 0.05) is 44.2 Å². The van der Waals surface area contributed by atoms with Crippen molar-refractivity contribution in [2.24, 2.45) is 4.99 Å². The van der Waals surface area contributed by atoms with Crippen LogP contribution in [0.1, 0.15) is 11.1 Å². The van der Waals surface area contributed by atoms with Crippen molar-refractivity contribution in [1.82, 2.24) is 14.5 Å². The van der Waals surface area contributed by atoms with Gasteiger partial charge in [0.2, 0.25) is 0 Å². The second kappa shape index (κ2) is 9.29. The second-order valence-corrected chi connectivity index (χ2v) is 9.43. The summed E-state index contributed by atoms with van der Waals surface area (Å²) in [6.07, 6.45) is 4.22. The number of hydrogen-bond donors (Lipinski definition) is 1. The number of nitrogens with one attached hydrogen (secondary N) is 1. The third-order valence-electron chi connectivity index (χ3n) is 5.37. The van der Waals surface area contributed by atoms with E-state index in [1.54, 1.807) is 0 Å². The van der Waals surface area contributed by atoms with Crippen LogP contribution in [0.2, 0.25) is 0 Å². The van der Waals surface area contributed by atoms with E-state index in [0.29, 0.717) is 6.67 Å². The Labute approximate surface area is 198 Å². The van der Waals surface area contributed by atoms with Gasteiger partial charge in [0.25, 0.3) is 6.67 Å². The van der Waals surface area contributed by atoms with Gasteiger partial charge in [-0.15, -0.1) is 0 Å². The Morgan fingerprint density at radius 2 is 1.55 bits per heavy atom. The van der Waals surface area contributed by atoms with Crippen LogP contribution in [0, 0.1) is 20.4 Å². The zero-order valence-electron chi connectivity index (χ0n) is 17.5. The number of aromatic nitrogens is 2. The molecule has 2 aromatic heterocycles. The molecule has 4 aromatic rings. The Hall–Kier alpha value is -2.56. The maximum absolute atomic E-state index is 6.87. The molecule has 31 heavy (non-hydrogen) atoms. The van der Waals surface area contributed by atoms with Crippen LogP contribution in [0.4, 0.5) is 0 Å². The number of aryl methyl sites for hydroxylation is 2. The van der Waals surface area contributed by atoms with Crippen molar-refractivity contribution in [3.05, 3.63) is 80.3 Å². The number of aliphatic imine (C=N–C) groups is 1. The SMILES string of the molecule is Cc1cn(CC2=NCCN2)c2cc(Br)ccc12.[C-]#[N+]Cn1cc(C)c2ccc(Br)cc21. The molecule has 0 unspecified atom stereocenters. The van der Waals surface area contributed by atoms with Crippen LogP contribution < -0.4 is 5.32 Å². The highest BCUT2D eigenvalue weighted by Crippen LogP contribution is 2.25. The van der Waals surface area contributed by atoms with E-state index in [4.69, 9.17) is 6.57 Å². The maximum Gasteiger partial charge on any atom is 0.293 e. The molecule has 0 fully saturated rings. The average molecular weight is 541 g/mol. The molecular weight excluding hydrogens is 518 g/mol. The van der Waals surface area contributed by atoms with Crippen molar-refractivity contribution in [3.63, 3.8) is 0 Å². The van der Waals surface area contributed by atoms with Crippen molar-refractivity contribution in [3.8, 4) is 0 Å². The third kappa shape index (κ3) is 4.70. The van der Waals surface area contributed by atoms with E-state index in [9.17, 15) is 0 Å². The van der Waals surface area contributed by atoms with E-state index in [-0.39, 0.29) is 0 Å². The molecule has 0 amide bonds. The summed E-state index contributed by atoms with van der Waals surface area (Å²) in [6.45, 7) is 14.2. The summed E-state index contributed by atoms with van der Waals surface area (Å²) >= 11 is 6.97. The highest BCUT2D eigenvalue weighted by atomic mass is 79.9. The standard InChI is InChI=1S/C13H14BrN3.C11H9BrN2/c1-9-7-17(8-13-15-4-5-16-13)12-6-10(14)2-3-11(9)12;1-8-6-14(7-13-2)11-5-9(12)3-4-10(8)11/h2-3,6-7H,4-5,8H2,1H3,(H,15,16);3-6H,7H2,1H3. The lowest BCUT2D eigenvalue weighted by Crippen LogP contribution is -2.23. The maximum atomic E-state index is 6.87. The first kappa shape index (κ1) is 21.7. The second-order valence-electron chi connectivity index (χ2n) is 7.60. The van der Waals surface area contributed by atoms with Crippen LogP contribution in [-0.2, 0) is 13.2 Å². The molecule has 7 heteroatoms. The summed E-state index contributed by atoms with van der Waals surface area (Å²) in [5, 5.41) is 5.84. The summed E-state index contributed by atoms with van der Waals surface area (Å²) in [5.41, 5.74) is 4.91. The van der Waals surface area contributed by atoms with Crippen LogP contribution in [-0.4, -0.2) is 28.1 Å². The first-order valence-corrected chi connectivity index (χ1v) is 11.7. The number of halogens is 2. The summed E-state index contributed by atoms with van der Waals surface area (Å²) in [6, 6.07) is 12.6. The number of amidine groups is 1. The van der Waals surface area contributed by atoms with Crippen LogP contribution in [0.15, 0.2) is 62.7 Å². The minimum Gasteiger partial charge on any atom is -0.370 e. The van der Waals surface area contributed by atoms with E-state index in [2.05, 4.69) is 95.9 Å². The highest BCUT2D eigenvalue weighted by molar-refractivity contribution is 9.10. The lowest BCUT2D eigenvalue weighted by molar-refractivity contribution is 0.856. The van der Waals surface area contributed by atoms with Gasteiger partial charge in [0.05, 0.1) is 18.6 Å². The summed E-state index contributed by atoms with van der Waals surface area (Å²) in [7, 11) is 0. The van der Waals surface area contributed by atoms with Crippen LogP contribution in [0.5, 0.6) is 0 Å². The predicted molar refractivity (Wildman–Crippen MR) is 136 cm³/mol. The van der Waals surface area contributed by atoms with Crippen molar-refractivity contribution in [2.45, 2.75) is 27.1 Å². The first-order valence-electron chi connectivity index (χ1n) is 10.1. The number of fused-ring (bicyclic) bond motifs is 2. The Balaban J connectivity index is 0.000000152. The zero-order chi connectivity index (χ0) is 22.0. The number of hydrogen-bond acceptors (Lipinski definition) is 2. The molecule has 0 radical (unpaired) electrons. The molecule has 0 saturated carbocycles. The van der Waals surface area contributed by atoms with Gasteiger partial charge in [-0.3, -0.25) is 14.4 Å². The average Bonchev–Trinajstić information content (AvgIpc) is 3.43. The molecule has 0 atom stereocenters. The van der Waals surface area contributed by atoms with Gasteiger partial charge in [0.15, 0.2) is 0 Å². The number of nitrogens with zero attached hydrogens (tertiary/aromatic N) is 4. The van der Waals surface area contributed by atoms with Crippen molar-refractivity contribution < 1.29 is 0 Å². The molecule has 2 aromatic carbocycles. The Bertz CT molecular complexity index is 1320. The van der Waals surface area contributed by atoms with Gasteiger partial charge < -0.3 is 9.88 Å². The smallest absolute Gasteiger partial charge is 0.293 e. The first-order chi connectivity index (χ1) is 15.0. The molecule has 0 aliphatic carbocycles. The fourth-order valence-corrected chi connectivity index (χ4v) is 4.63. The molecule has 1 N–H and O–H groups in total. The molecule has 158 valence electrons. The third-order valence-corrected chi connectivity index (χ3v) is 6.36. The normalized spacial score (nSPS) is 12.9. The molecule has 0 spiro atoms. The molecule has 0 saturated heterocycles. The van der Waals surface area contributed by atoms with E-state index in [1.807, 2.05) is 22.9 Å². The quantitative estimate of drug-likeness (QED) is 0.304.